The maximum absolute atomic E-state index is 3.79. The van der Waals surface area contributed by atoms with E-state index in [1.54, 1.807) is 0 Å². The van der Waals surface area contributed by atoms with Gasteiger partial charge in [0.25, 0.3) is 0 Å². The van der Waals surface area contributed by atoms with Crippen molar-refractivity contribution in [2.45, 2.75) is 57.5 Å². The highest BCUT2D eigenvalue weighted by Crippen LogP contribution is 2.38. The third-order valence-electron chi connectivity index (χ3n) is 4.02. The molecule has 3 heteroatoms. The maximum atomic E-state index is 3.79. The highest BCUT2D eigenvalue weighted by atomic mass is 79.9. The van der Waals surface area contributed by atoms with Crippen LogP contribution in [0.3, 0.4) is 0 Å². The van der Waals surface area contributed by atoms with E-state index in [4.69, 9.17) is 0 Å². The van der Waals surface area contributed by atoms with Crippen molar-refractivity contribution in [3.8, 4) is 0 Å². The molecule has 3 rings (SSSR count). The molecule has 1 aliphatic heterocycles. The van der Waals surface area contributed by atoms with Crippen LogP contribution in [-0.4, -0.2) is 4.98 Å². The second-order valence-corrected chi connectivity index (χ2v) is 5.89. The van der Waals surface area contributed by atoms with Gasteiger partial charge in [0.2, 0.25) is 0 Å². The zero-order chi connectivity index (χ0) is 11.0. The summed E-state index contributed by atoms with van der Waals surface area (Å²) in [5.74, 6) is 0.766. The van der Waals surface area contributed by atoms with Crippen LogP contribution in [0, 0.1) is 0 Å². The van der Waals surface area contributed by atoms with Crippen molar-refractivity contribution in [3.05, 3.63) is 21.4 Å². The minimum absolute atomic E-state index is 0.766. The fourth-order valence-corrected chi connectivity index (χ4v) is 3.89. The first-order valence-corrected chi connectivity index (χ1v) is 7.25. The van der Waals surface area contributed by atoms with Crippen molar-refractivity contribution < 1.29 is 0 Å². The lowest BCUT2D eigenvalue weighted by molar-refractivity contribution is 0.574. The Labute approximate surface area is 105 Å². The highest BCUT2D eigenvalue weighted by molar-refractivity contribution is 9.10. The number of halogens is 1. The van der Waals surface area contributed by atoms with E-state index < -0.39 is 0 Å². The summed E-state index contributed by atoms with van der Waals surface area (Å²) in [4.78, 5) is 3.65. The van der Waals surface area contributed by atoms with E-state index in [0.717, 1.165) is 19.0 Å². The van der Waals surface area contributed by atoms with Gasteiger partial charge in [-0.05, 0) is 28.8 Å². The van der Waals surface area contributed by atoms with Crippen molar-refractivity contribution in [1.29, 1.82) is 0 Å². The molecule has 2 aliphatic rings. The Kier molecular flexibility index (Phi) is 3.07. The molecule has 2 heterocycles. The van der Waals surface area contributed by atoms with Crippen molar-refractivity contribution in [2.24, 2.45) is 0 Å². The molecular formula is C13H19BrN2. The summed E-state index contributed by atoms with van der Waals surface area (Å²) < 4.78 is 1.36. The van der Waals surface area contributed by atoms with Gasteiger partial charge in [-0.3, -0.25) is 0 Å². The number of aromatic amines is 1. The minimum atomic E-state index is 0.766. The fraction of sp³-hybridized carbons (Fsp3) is 0.692. The van der Waals surface area contributed by atoms with Gasteiger partial charge >= 0.3 is 0 Å². The SMILES string of the molecule is Brc1c(C2CCCCCC2)[nH]c2c1CNC2. The number of hydrogen-bond donors (Lipinski definition) is 2. The summed E-state index contributed by atoms with van der Waals surface area (Å²) >= 11 is 3.79. The van der Waals surface area contributed by atoms with Crippen LogP contribution in [0.15, 0.2) is 4.47 Å². The zero-order valence-electron chi connectivity index (χ0n) is 9.61. The molecule has 2 N–H and O–H groups in total. The maximum Gasteiger partial charge on any atom is 0.0433 e. The molecule has 0 saturated heterocycles. The summed E-state index contributed by atoms with van der Waals surface area (Å²) in [6, 6.07) is 0. The monoisotopic (exact) mass is 282 g/mol. The zero-order valence-corrected chi connectivity index (χ0v) is 11.2. The Morgan fingerprint density at radius 3 is 2.44 bits per heavy atom. The van der Waals surface area contributed by atoms with Gasteiger partial charge in [0, 0.05) is 40.4 Å². The van der Waals surface area contributed by atoms with E-state index in [9.17, 15) is 0 Å². The molecule has 1 aromatic heterocycles. The van der Waals surface area contributed by atoms with E-state index >= 15 is 0 Å². The van der Waals surface area contributed by atoms with Gasteiger partial charge in [-0.15, -0.1) is 0 Å². The standard InChI is InChI=1S/C13H19BrN2/c14-12-10-7-15-8-11(10)16-13(12)9-5-3-1-2-4-6-9/h9,15-16H,1-8H2. The van der Waals surface area contributed by atoms with Crippen molar-refractivity contribution in [1.82, 2.24) is 10.3 Å². The predicted molar refractivity (Wildman–Crippen MR) is 69.5 cm³/mol. The van der Waals surface area contributed by atoms with E-state index in [-0.39, 0.29) is 0 Å². The number of rotatable bonds is 1. The summed E-state index contributed by atoms with van der Waals surface area (Å²) in [5, 5.41) is 3.39. The first-order valence-electron chi connectivity index (χ1n) is 6.46. The second-order valence-electron chi connectivity index (χ2n) is 5.10. The molecule has 0 bridgehead atoms. The first-order chi connectivity index (χ1) is 7.86. The number of hydrogen-bond acceptors (Lipinski definition) is 1. The molecule has 0 unspecified atom stereocenters. The van der Waals surface area contributed by atoms with Gasteiger partial charge < -0.3 is 10.3 Å². The van der Waals surface area contributed by atoms with Crippen LogP contribution in [0.5, 0.6) is 0 Å². The molecule has 1 aliphatic carbocycles. The molecule has 0 spiro atoms. The van der Waals surface area contributed by atoms with Crippen LogP contribution in [0.2, 0.25) is 0 Å². The van der Waals surface area contributed by atoms with Crippen molar-refractivity contribution in [3.63, 3.8) is 0 Å². The second kappa shape index (κ2) is 4.53. The molecule has 0 amide bonds. The molecule has 1 fully saturated rings. The van der Waals surface area contributed by atoms with Gasteiger partial charge in [-0.2, -0.15) is 0 Å². The Bertz CT molecular complexity index is 376. The molecular weight excluding hydrogens is 264 g/mol. The van der Waals surface area contributed by atoms with Gasteiger partial charge in [-0.1, -0.05) is 25.7 Å². The summed E-state index contributed by atoms with van der Waals surface area (Å²) in [6.45, 7) is 2.04. The van der Waals surface area contributed by atoms with E-state index in [1.165, 1.54) is 59.9 Å². The summed E-state index contributed by atoms with van der Waals surface area (Å²) in [6.07, 6.45) is 8.39. The highest BCUT2D eigenvalue weighted by Gasteiger charge is 2.24. The van der Waals surface area contributed by atoms with Crippen LogP contribution in [0.25, 0.3) is 0 Å². The lowest BCUT2D eigenvalue weighted by Crippen LogP contribution is -2.05. The van der Waals surface area contributed by atoms with Crippen LogP contribution < -0.4 is 5.32 Å². The minimum Gasteiger partial charge on any atom is -0.360 e. The van der Waals surface area contributed by atoms with E-state index in [1.807, 2.05) is 0 Å². The Morgan fingerprint density at radius 2 is 1.75 bits per heavy atom. The third-order valence-corrected chi connectivity index (χ3v) is 4.92. The van der Waals surface area contributed by atoms with Gasteiger partial charge in [-0.25, -0.2) is 0 Å². The summed E-state index contributed by atoms with van der Waals surface area (Å²) in [5.41, 5.74) is 4.36. The number of H-pyrrole nitrogens is 1. The fourth-order valence-electron chi connectivity index (χ4n) is 3.08. The molecule has 0 aromatic carbocycles. The normalized spacial score (nSPS) is 22.1. The Balaban J connectivity index is 1.88. The Morgan fingerprint density at radius 1 is 1.00 bits per heavy atom. The molecule has 88 valence electrons. The quantitative estimate of drug-likeness (QED) is 0.753. The average molecular weight is 283 g/mol. The average Bonchev–Trinajstić information content (AvgIpc) is 2.74. The number of nitrogens with one attached hydrogen (secondary N) is 2. The van der Waals surface area contributed by atoms with Gasteiger partial charge in [0.05, 0.1) is 0 Å². The molecule has 0 atom stereocenters. The molecule has 16 heavy (non-hydrogen) atoms. The van der Waals surface area contributed by atoms with Crippen molar-refractivity contribution in [2.75, 3.05) is 0 Å². The lowest BCUT2D eigenvalue weighted by Gasteiger charge is -2.13. The molecule has 1 saturated carbocycles. The van der Waals surface area contributed by atoms with E-state index in [0.29, 0.717) is 0 Å². The number of aromatic nitrogens is 1. The van der Waals surface area contributed by atoms with Gasteiger partial charge in [0.1, 0.15) is 0 Å². The van der Waals surface area contributed by atoms with Gasteiger partial charge in [0.15, 0.2) is 0 Å². The van der Waals surface area contributed by atoms with Crippen LogP contribution >= 0.6 is 15.9 Å². The van der Waals surface area contributed by atoms with Crippen molar-refractivity contribution >= 4 is 15.9 Å². The van der Waals surface area contributed by atoms with Crippen LogP contribution in [0.4, 0.5) is 0 Å². The topological polar surface area (TPSA) is 27.8 Å². The Hall–Kier alpha value is -0.280. The molecule has 0 radical (unpaired) electrons. The largest absolute Gasteiger partial charge is 0.360 e. The molecule has 2 nitrogen and oxygen atoms in total. The van der Waals surface area contributed by atoms with E-state index in [2.05, 4.69) is 26.2 Å². The summed E-state index contributed by atoms with van der Waals surface area (Å²) in [7, 11) is 0. The van der Waals surface area contributed by atoms with Crippen LogP contribution in [0.1, 0.15) is 61.4 Å². The lowest BCUT2D eigenvalue weighted by atomic mass is 9.96. The molecule has 1 aromatic rings. The predicted octanol–water partition coefficient (Wildman–Crippen LogP) is 3.82. The number of fused-ring (bicyclic) bond motifs is 1. The first kappa shape index (κ1) is 10.8. The van der Waals surface area contributed by atoms with Crippen LogP contribution in [-0.2, 0) is 13.1 Å². The third kappa shape index (κ3) is 1.84. The smallest absolute Gasteiger partial charge is 0.0433 e.